The van der Waals surface area contributed by atoms with E-state index in [1.54, 1.807) is 45.0 Å². The van der Waals surface area contributed by atoms with E-state index in [-0.39, 0.29) is 24.5 Å². The number of fused-ring (bicyclic) bond motifs is 1. The molecule has 2 aromatic carbocycles. The molecule has 0 radical (unpaired) electrons. The van der Waals surface area contributed by atoms with Crippen LogP contribution in [0.2, 0.25) is 0 Å². The molecule has 0 N–H and O–H groups in total. The number of hydrogen-bond acceptors (Lipinski definition) is 6. The van der Waals surface area contributed by atoms with Gasteiger partial charge in [-0.3, -0.25) is 14.9 Å². The number of rotatable bonds is 6. The summed E-state index contributed by atoms with van der Waals surface area (Å²) in [5.74, 6) is -1.28. The quantitative estimate of drug-likeness (QED) is 0.254. The third kappa shape index (κ3) is 5.50. The SMILES string of the molecule is CC(C)(C)OC(=O)n1c(Cn2cccc([N+](=O)[O-])c2=O)cc2cccc(OCc3ccc(F)cc3F)c21. The molecule has 11 heteroatoms. The second-order valence-electron chi connectivity index (χ2n) is 9.25. The van der Waals surface area contributed by atoms with Gasteiger partial charge < -0.3 is 14.0 Å². The molecule has 0 aliphatic rings. The van der Waals surface area contributed by atoms with Crippen LogP contribution in [0.3, 0.4) is 0 Å². The van der Waals surface area contributed by atoms with Gasteiger partial charge in [0, 0.05) is 29.3 Å². The summed E-state index contributed by atoms with van der Waals surface area (Å²) >= 11 is 0. The maximum atomic E-state index is 14.2. The number of nitrogens with zero attached hydrogens (tertiary/aromatic N) is 3. The van der Waals surface area contributed by atoms with Crippen LogP contribution in [-0.2, 0) is 17.9 Å². The molecule has 0 saturated carbocycles. The zero-order chi connectivity index (χ0) is 26.9. The fourth-order valence-corrected chi connectivity index (χ4v) is 3.79. The van der Waals surface area contributed by atoms with E-state index in [1.165, 1.54) is 22.9 Å². The highest BCUT2D eigenvalue weighted by Crippen LogP contribution is 2.31. The summed E-state index contributed by atoms with van der Waals surface area (Å²) in [7, 11) is 0. The summed E-state index contributed by atoms with van der Waals surface area (Å²) in [6.07, 6.45) is 0.612. The van der Waals surface area contributed by atoms with Gasteiger partial charge >= 0.3 is 17.3 Å². The summed E-state index contributed by atoms with van der Waals surface area (Å²) in [5.41, 5.74) is -1.59. The zero-order valence-corrected chi connectivity index (χ0v) is 20.2. The van der Waals surface area contributed by atoms with Crippen molar-refractivity contribution in [2.75, 3.05) is 0 Å². The number of ether oxygens (including phenoxy) is 2. The van der Waals surface area contributed by atoms with E-state index in [0.29, 0.717) is 16.6 Å². The van der Waals surface area contributed by atoms with Gasteiger partial charge in [-0.1, -0.05) is 12.1 Å². The maximum absolute atomic E-state index is 14.2. The molecule has 4 rings (SSSR count). The monoisotopic (exact) mass is 511 g/mol. The van der Waals surface area contributed by atoms with Crippen molar-refractivity contribution in [3.63, 3.8) is 0 Å². The first-order valence-corrected chi connectivity index (χ1v) is 11.2. The topological polar surface area (TPSA) is 106 Å². The van der Waals surface area contributed by atoms with E-state index < -0.39 is 39.5 Å². The number of pyridine rings is 1. The number of benzene rings is 2. The first-order valence-electron chi connectivity index (χ1n) is 11.2. The number of halogens is 2. The second kappa shape index (κ2) is 9.84. The van der Waals surface area contributed by atoms with Crippen molar-refractivity contribution in [2.24, 2.45) is 0 Å². The number of hydrogen-bond donors (Lipinski definition) is 0. The van der Waals surface area contributed by atoms with E-state index in [4.69, 9.17) is 9.47 Å². The molecule has 192 valence electrons. The van der Waals surface area contributed by atoms with E-state index in [2.05, 4.69) is 0 Å². The lowest BCUT2D eigenvalue weighted by molar-refractivity contribution is -0.386. The summed E-state index contributed by atoms with van der Waals surface area (Å²) in [4.78, 5) is 36.4. The minimum Gasteiger partial charge on any atom is -0.487 e. The molecule has 0 fully saturated rings. The summed E-state index contributed by atoms with van der Waals surface area (Å²) in [6, 6.07) is 12.2. The lowest BCUT2D eigenvalue weighted by Crippen LogP contribution is -2.29. The smallest absolute Gasteiger partial charge is 0.419 e. The molecular weight excluding hydrogens is 488 g/mol. The van der Waals surface area contributed by atoms with Gasteiger partial charge in [0.1, 0.15) is 35.1 Å². The van der Waals surface area contributed by atoms with Gasteiger partial charge in [0.25, 0.3) is 0 Å². The molecule has 9 nitrogen and oxygen atoms in total. The normalized spacial score (nSPS) is 11.5. The number of nitro groups is 1. The first kappa shape index (κ1) is 25.5. The molecule has 37 heavy (non-hydrogen) atoms. The Morgan fingerprint density at radius 1 is 1.08 bits per heavy atom. The third-order valence-electron chi connectivity index (χ3n) is 5.37. The molecule has 0 unspecified atom stereocenters. The van der Waals surface area contributed by atoms with Crippen LogP contribution in [0.5, 0.6) is 5.75 Å². The van der Waals surface area contributed by atoms with Crippen LogP contribution in [0.4, 0.5) is 19.3 Å². The molecule has 0 saturated heterocycles. The highest BCUT2D eigenvalue weighted by Gasteiger charge is 2.25. The van der Waals surface area contributed by atoms with Gasteiger partial charge in [-0.25, -0.2) is 18.1 Å². The zero-order valence-electron chi connectivity index (χ0n) is 20.2. The predicted molar refractivity (Wildman–Crippen MR) is 131 cm³/mol. The fourth-order valence-electron chi connectivity index (χ4n) is 3.79. The van der Waals surface area contributed by atoms with Crippen LogP contribution < -0.4 is 10.3 Å². The van der Waals surface area contributed by atoms with Crippen molar-refractivity contribution >= 4 is 22.7 Å². The van der Waals surface area contributed by atoms with Crippen LogP contribution in [0.1, 0.15) is 32.0 Å². The molecular formula is C26H23F2N3O6. The van der Waals surface area contributed by atoms with Gasteiger partial charge in [-0.2, -0.15) is 0 Å². The lowest BCUT2D eigenvalue weighted by Gasteiger charge is -2.21. The van der Waals surface area contributed by atoms with Gasteiger partial charge in [-0.15, -0.1) is 0 Å². The Balaban J connectivity index is 1.81. The number of carbonyl (C=O) groups excluding carboxylic acids is 1. The first-order chi connectivity index (χ1) is 17.4. The Morgan fingerprint density at radius 3 is 2.51 bits per heavy atom. The Morgan fingerprint density at radius 2 is 1.84 bits per heavy atom. The minimum atomic E-state index is -0.861. The van der Waals surface area contributed by atoms with E-state index in [0.717, 1.165) is 22.8 Å². The number of aromatic nitrogens is 2. The Bertz CT molecular complexity index is 1570. The van der Waals surface area contributed by atoms with Crippen molar-refractivity contribution in [1.29, 1.82) is 0 Å². The predicted octanol–water partition coefficient (Wildman–Crippen LogP) is 5.40. The molecule has 0 bridgehead atoms. The van der Waals surface area contributed by atoms with Crippen molar-refractivity contribution in [3.8, 4) is 5.75 Å². The average molecular weight is 511 g/mol. The molecule has 0 aliphatic carbocycles. The lowest BCUT2D eigenvalue weighted by atomic mass is 10.2. The molecule has 0 spiro atoms. The standard InChI is InChI=1S/C26H23F2N3O6/c1-26(2,3)37-25(33)30-19(14-29-11-5-7-21(24(29)32)31(34)35)12-16-6-4-8-22(23(16)30)36-15-17-9-10-18(27)13-20(17)28/h4-13H,14-15H2,1-3H3. The molecule has 0 amide bonds. The Hall–Kier alpha value is -4.54. The van der Waals surface area contributed by atoms with Crippen LogP contribution in [0, 0.1) is 21.7 Å². The van der Waals surface area contributed by atoms with E-state index in [9.17, 15) is 28.5 Å². The molecule has 0 atom stereocenters. The minimum absolute atomic E-state index is 0.108. The van der Waals surface area contributed by atoms with Crippen LogP contribution >= 0.6 is 0 Å². The Kier molecular flexibility index (Phi) is 6.80. The van der Waals surface area contributed by atoms with Gasteiger partial charge in [0.05, 0.1) is 17.2 Å². The van der Waals surface area contributed by atoms with Crippen molar-refractivity contribution < 1.29 is 28.0 Å². The maximum Gasteiger partial charge on any atom is 0.419 e. The molecule has 0 aliphatic heterocycles. The molecule has 2 aromatic heterocycles. The highest BCUT2D eigenvalue weighted by atomic mass is 19.1. The molecule has 4 aromatic rings. The van der Waals surface area contributed by atoms with Crippen LogP contribution in [0.25, 0.3) is 10.9 Å². The number of carbonyl (C=O) groups is 1. The van der Waals surface area contributed by atoms with Gasteiger partial charge in [0.2, 0.25) is 0 Å². The third-order valence-corrected chi connectivity index (χ3v) is 5.37. The summed E-state index contributed by atoms with van der Waals surface area (Å²) in [6.45, 7) is 4.65. The van der Waals surface area contributed by atoms with Crippen molar-refractivity contribution in [2.45, 2.75) is 39.5 Å². The van der Waals surface area contributed by atoms with E-state index in [1.807, 2.05) is 0 Å². The van der Waals surface area contributed by atoms with Crippen molar-refractivity contribution in [1.82, 2.24) is 9.13 Å². The van der Waals surface area contributed by atoms with Crippen LogP contribution in [-0.4, -0.2) is 25.8 Å². The Labute approximate surface area is 209 Å². The van der Waals surface area contributed by atoms with Crippen LogP contribution in [0.15, 0.2) is 65.6 Å². The van der Waals surface area contributed by atoms with Gasteiger partial charge in [0.15, 0.2) is 0 Å². The number of para-hydroxylation sites is 1. The largest absolute Gasteiger partial charge is 0.487 e. The highest BCUT2D eigenvalue weighted by molar-refractivity contribution is 5.95. The van der Waals surface area contributed by atoms with Crippen molar-refractivity contribution in [3.05, 3.63) is 104 Å². The summed E-state index contributed by atoms with van der Waals surface area (Å²) in [5, 5.41) is 11.8. The second-order valence-corrected chi connectivity index (χ2v) is 9.25. The average Bonchev–Trinajstić information content (AvgIpc) is 3.17. The van der Waals surface area contributed by atoms with E-state index >= 15 is 0 Å². The fraction of sp³-hybridized carbons (Fsp3) is 0.231. The van der Waals surface area contributed by atoms with Gasteiger partial charge in [-0.05, 0) is 51.1 Å². The summed E-state index contributed by atoms with van der Waals surface area (Å²) < 4.78 is 41.2. The molecule has 2 heterocycles.